The molecular formula is C12H19N3O. The summed E-state index contributed by atoms with van der Waals surface area (Å²) in [5.41, 5.74) is 6.57. The van der Waals surface area contributed by atoms with E-state index >= 15 is 0 Å². The number of aromatic nitrogens is 1. The summed E-state index contributed by atoms with van der Waals surface area (Å²) >= 11 is 0. The van der Waals surface area contributed by atoms with Crippen LogP contribution in [-0.2, 0) is 4.79 Å². The molecule has 3 N–H and O–H groups in total. The lowest BCUT2D eigenvalue weighted by atomic mass is 10.1. The Labute approximate surface area is 96.3 Å². The van der Waals surface area contributed by atoms with Gasteiger partial charge in [-0.2, -0.15) is 0 Å². The van der Waals surface area contributed by atoms with E-state index in [1.807, 2.05) is 32.0 Å². The predicted molar refractivity (Wildman–Crippen MR) is 63.7 cm³/mol. The molecule has 1 aromatic rings. The van der Waals surface area contributed by atoms with Gasteiger partial charge < -0.3 is 11.1 Å². The van der Waals surface area contributed by atoms with Crippen LogP contribution in [0.25, 0.3) is 0 Å². The normalized spacial score (nSPS) is 14.2. The Balaban J connectivity index is 2.51. The van der Waals surface area contributed by atoms with E-state index in [0.29, 0.717) is 6.42 Å². The van der Waals surface area contributed by atoms with E-state index in [0.717, 1.165) is 12.1 Å². The van der Waals surface area contributed by atoms with Gasteiger partial charge in [0.15, 0.2) is 0 Å². The highest BCUT2D eigenvalue weighted by Gasteiger charge is 2.15. The fourth-order valence-electron chi connectivity index (χ4n) is 1.47. The SMILES string of the molecule is CCC[C@@H](N)C(=O)N[C@@H](C)c1ccccn1. The molecular weight excluding hydrogens is 202 g/mol. The summed E-state index contributed by atoms with van der Waals surface area (Å²) in [4.78, 5) is 15.8. The molecule has 4 nitrogen and oxygen atoms in total. The van der Waals surface area contributed by atoms with Gasteiger partial charge in [-0.25, -0.2) is 0 Å². The molecule has 0 aromatic carbocycles. The molecule has 1 rings (SSSR count). The Morgan fingerprint density at radius 3 is 2.88 bits per heavy atom. The maximum Gasteiger partial charge on any atom is 0.237 e. The highest BCUT2D eigenvalue weighted by molar-refractivity contribution is 5.81. The van der Waals surface area contributed by atoms with E-state index in [2.05, 4.69) is 10.3 Å². The zero-order valence-corrected chi connectivity index (χ0v) is 9.81. The van der Waals surface area contributed by atoms with Crippen molar-refractivity contribution in [3.05, 3.63) is 30.1 Å². The molecule has 1 aromatic heterocycles. The number of carbonyl (C=O) groups is 1. The fraction of sp³-hybridized carbons (Fsp3) is 0.500. The molecule has 2 atom stereocenters. The molecule has 0 spiro atoms. The first-order chi connectivity index (χ1) is 7.65. The third kappa shape index (κ3) is 3.62. The van der Waals surface area contributed by atoms with Gasteiger partial charge in [0.2, 0.25) is 5.91 Å². The predicted octanol–water partition coefficient (Wildman–Crippen LogP) is 1.39. The summed E-state index contributed by atoms with van der Waals surface area (Å²) in [6.45, 7) is 3.91. The molecule has 0 aliphatic rings. The van der Waals surface area contributed by atoms with Crippen LogP contribution in [0.3, 0.4) is 0 Å². The van der Waals surface area contributed by atoms with Gasteiger partial charge in [0, 0.05) is 6.20 Å². The zero-order valence-electron chi connectivity index (χ0n) is 9.81. The van der Waals surface area contributed by atoms with Crippen LogP contribution in [0.4, 0.5) is 0 Å². The molecule has 4 heteroatoms. The zero-order chi connectivity index (χ0) is 12.0. The Morgan fingerprint density at radius 1 is 1.56 bits per heavy atom. The van der Waals surface area contributed by atoms with E-state index in [4.69, 9.17) is 5.73 Å². The molecule has 1 heterocycles. The second-order valence-corrected chi connectivity index (χ2v) is 3.88. The third-order valence-electron chi connectivity index (χ3n) is 2.43. The summed E-state index contributed by atoms with van der Waals surface area (Å²) in [7, 11) is 0. The lowest BCUT2D eigenvalue weighted by Crippen LogP contribution is -2.41. The van der Waals surface area contributed by atoms with E-state index in [9.17, 15) is 4.79 Å². The number of amides is 1. The van der Waals surface area contributed by atoms with Crippen molar-refractivity contribution in [3.8, 4) is 0 Å². The minimum atomic E-state index is -0.420. The van der Waals surface area contributed by atoms with Crippen molar-refractivity contribution in [1.29, 1.82) is 0 Å². The molecule has 0 bridgehead atoms. The van der Waals surface area contributed by atoms with Crippen molar-refractivity contribution < 1.29 is 4.79 Å². The average Bonchev–Trinajstić information content (AvgIpc) is 2.30. The molecule has 0 unspecified atom stereocenters. The number of hydrogen-bond acceptors (Lipinski definition) is 3. The maximum absolute atomic E-state index is 11.7. The van der Waals surface area contributed by atoms with Crippen molar-refractivity contribution in [1.82, 2.24) is 10.3 Å². The first-order valence-corrected chi connectivity index (χ1v) is 5.62. The van der Waals surface area contributed by atoms with Gasteiger partial charge in [-0.3, -0.25) is 9.78 Å². The molecule has 0 aliphatic carbocycles. The Hall–Kier alpha value is -1.42. The molecule has 88 valence electrons. The molecule has 0 radical (unpaired) electrons. The van der Waals surface area contributed by atoms with Crippen molar-refractivity contribution in [2.75, 3.05) is 0 Å². The standard InChI is InChI=1S/C12H19N3O/c1-3-6-10(13)12(16)15-9(2)11-7-4-5-8-14-11/h4-5,7-10H,3,6,13H2,1-2H3,(H,15,16)/t9-,10+/m0/s1. The van der Waals surface area contributed by atoms with E-state index in [1.165, 1.54) is 0 Å². The van der Waals surface area contributed by atoms with E-state index < -0.39 is 6.04 Å². The van der Waals surface area contributed by atoms with Crippen LogP contribution >= 0.6 is 0 Å². The van der Waals surface area contributed by atoms with Crippen LogP contribution in [0.2, 0.25) is 0 Å². The van der Waals surface area contributed by atoms with Crippen LogP contribution in [-0.4, -0.2) is 16.9 Å². The molecule has 16 heavy (non-hydrogen) atoms. The van der Waals surface area contributed by atoms with Crippen molar-refractivity contribution in [3.63, 3.8) is 0 Å². The smallest absolute Gasteiger partial charge is 0.237 e. The minimum Gasteiger partial charge on any atom is -0.347 e. The van der Waals surface area contributed by atoms with Gasteiger partial charge in [-0.15, -0.1) is 0 Å². The summed E-state index contributed by atoms with van der Waals surface area (Å²) in [6.07, 6.45) is 3.33. The molecule has 1 amide bonds. The minimum absolute atomic E-state index is 0.100. The van der Waals surface area contributed by atoms with Gasteiger partial charge in [0.05, 0.1) is 17.8 Å². The first kappa shape index (κ1) is 12.6. The highest BCUT2D eigenvalue weighted by Crippen LogP contribution is 2.08. The number of nitrogens with one attached hydrogen (secondary N) is 1. The maximum atomic E-state index is 11.7. The summed E-state index contributed by atoms with van der Waals surface area (Å²) in [5, 5.41) is 2.85. The second kappa shape index (κ2) is 6.23. The van der Waals surface area contributed by atoms with Crippen molar-refractivity contribution >= 4 is 5.91 Å². The number of carbonyl (C=O) groups excluding carboxylic acids is 1. The van der Waals surface area contributed by atoms with Gasteiger partial charge in [-0.05, 0) is 25.5 Å². The lowest BCUT2D eigenvalue weighted by molar-refractivity contribution is -0.123. The quantitative estimate of drug-likeness (QED) is 0.789. The van der Waals surface area contributed by atoms with E-state index in [1.54, 1.807) is 6.20 Å². The third-order valence-corrected chi connectivity index (χ3v) is 2.43. The van der Waals surface area contributed by atoms with Crippen molar-refractivity contribution in [2.45, 2.75) is 38.8 Å². The van der Waals surface area contributed by atoms with Crippen molar-refractivity contribution in [2.24, 2.45) is 5.73 Å². The Morgan fingerprint density at radius 2 is 2.31 bits per heavy atom. The largest absolute Gasteiger partial charge is 0.347 e. The molecule has 0 saturated heterocycles. The number of nitrogens with zero attached hydrogens (tertiary/aromatic N) is 1. The lowest BCUT2D eigenvalue weighted by Gasteiger charge is -2.16. The fourth-order valence-corrected chi connectivity index (χ4v) is 1.47. The second-order valence-electron chi connectivity index (χ2n) is 3.88. The monoisotopic (exact) mass is 221 g/mol. The summed E-state index contributed by atoms with van der Waals surface area (Å²) in [5.74, 6) is -0.111. The van der Waals surface area contributed by atoms with Gasteiger partial charge in [-0.1, -0.05) is 19.4 Å². The number of rotatable bonds is 5. The number of nitrogens with two attached hydrogens (primary N) is 1. The topological polar surface area (TPSA) is 68.0 Å². The van der Waals surface area contributed by atoms with Crippen LogP contribution < -0.4 is 11.1 Å². The van der Waals surface area contributed by atoms with Crippen LogP contribution in [0, 0.1) is 0 Å². The van der Waals surface area contributed by atoms with Gasteiger partial charge >= 0.3 is 0 Å². The van der Waals surface area contributed by atoms with Gasteiger partial charge in [0.25, 0.3) is 0 Å². The van der Waals surface area contributed by atoms with Gasteiger partial charge in [0.1, 0.15) is 0 Å². The number of pyridine rings is 1. The van der Waals surface area contributed by atoms with Crippen LogP contribution in [0.15, 0.2) is 24.4 Å². The van der Waals surface area contributed by atoms with Crippen LogP contribution in [0.1, 0.15) is 38.4 Å². The molecule has 0 saturated carbocycles. The molecule has 0 aliphatic heterocycles. The number of hydrogen-bond donors (Lipinski definition) is 2. The highest BCUT2D eigenvalue weighted by atomic mass is 16.2. The Kier molecular flexibility index (Phi) is 4.92. The molecule has 0 fully saturated rings. The summed E-state index contributed by atoms with van der Waals surface area (Å²) < 4.78 is 0. The van der Waals surface area contributed by atoms with Crippen LogP contribution in [0.5, 0.6) is 0 Å². The summed E-state index contributed by atoms with van der Waals surface area (Å²) in [6, 6.07) is 5.11. The average molecular weight is 221 g/mol. The Bertz CT molecular complexity index is 326. The van der Waals surface area contributed by atoms with E-state index in [-0.39, 0.29) is 11.9 Å². The first-order valence-electron chi connectivity index (χ1n) is 5.62.